The summed E-state index contributed by atoms with van der Waals surface area (Å²) in [5.41, 5.74) is 1.26. The van der Waals surface area contributed by atoms with E-state index in [0.717, 1.165) is 30.7 Å². The lowest BCUT2D eigenvalue weighted by Crippen LogP contribution is -2.37. The van der Waals surface area contributed by atoms with Gasteiger partial charge in [-0.3, -0.25) is 4.90 Å². The van der Waals surface area contributed by atoms with Crippen LogP contribution in [0.5, 0.6) is 0 Å². The van der Waals surface area contributed by atoms with E-state index in [2.05, 4.69) is 50.1 Å². The molecule has 4 nitrogen and oxygen atoms in total. The van der Waals surface area contributed by atoms with E-state index in [-0.39, 0.29) is 0 Å². The van der Waals surface area contributed by atoms with Crippen molar-refractivity contribution in [3.8, 4) is 0 Å². The molecule has 0 aromatic carbocycles. The first-order valence-corrected chi connectivity index (χ1v) is 9.74. The average molecular weight is 331 g/mol. The van der Waals surface area contributed by atoms with E-state index >= 15 is 0 Å². The van der Waals surface area contributed by atoms with Gasteiger partial charge in [0.2, 0.25) is 0 Å². The fourth-order valence-corrected chi connectivity index (χ4v) is 4.50. The maximum atomic E-state index is 4.70. The molecule has 1 saturated carbocycles. The highest BCUT2D eigenvalue weighted by Crippen LogP contribution is 2.31. The van der Waals surface area contributed by atoms with Gasteiger partial charge in [-0.1, -0.05) is 33.1 Å². The normalized spacial score (nSPS) is 26.6. The molecule has 0 unspecified atom stereocenters. The van der Waals surface area contributed by atoms with Crippen molar-refractivity contribution in [3.63, 3.8) is 0 Å². The highest BCUT2D eigenvalue weighted by Gasteiger charge is 2.35. The Morgan fingerprint density at radius 3 is 2.29 bits per heavy atom. The zero-order chi connectivity index (χ0) is 17.1. The van der Waals surface area contributed by atoms with Crippen LogP contribution in [0.3, 0.4) is 0 Å². The first kappa shape index (κ1) is 17.8. The van der Waals surface area contributed by atoms with Gasteiger partial charge in [-0.2, -0.15) is 0 Å². The van der Waals surface area contributed by atoms with Crippen molar-refractivity contribution in [1.82, 2.24) is 19.8 Å². The van der Waals surface area contributed by atoms with Crippen LogP contribution in [0.1, 0.15) is 63.3 Å². The van der Waals surface area contributed by atoms with Crippen LogP contribution in [0.4, 0.5) is 0 Å². The number of nitrogens with zero attached hydrogens (tertiary/aromatic N) is 4. The Kier molecular flexibility index (Phi) is 5.88. The molecule has 2 atom stereocenters. The summed E-state index contributed by atoms with van der Waals surface area (Å²) >= 11 is 0. The van der Waals surface area contributed by atoms with Gasteiger partial charge in [0.25, 0.3) is 0 Å². The van der Waals surface area contributed by atoms with Crippen molar-refractivity contribution >= 4 is 0 Å². The zero-order valence-electron chi connectivity index (χ0n) is 15.9. The number of hydrogen-bond donors (Lipinski definition) is 0. The molecule has 1 aliphatic carbocycles. The summed E-state index contributed by atoms with van der Waals surface area (Å²) in [6.45, 7) is 8.03. The maximum Gasteiger partial charge on any atom is 0.131 e. The molecule has 1 aliphatic heterocycles. The van der Waals surface area contributed by atoms with Crippen molar-refractivity contribution in [1.29, 1.82) is 0 Å². The molecule has 0 N–H and O–H groups in total. The van der Waals surface area contributed by atoms with E-state index in [9.17, 15) is 0 Å². The number of aromatic nitrogens is 2. The second-order valence-corrected chi connectivity index (χ2v) is 8.42. The summed E-state index contributed by atoms with van der Waals surface area (Å²) in [6.07, 6.45) is 10.7. The smallest absolute Gasteiger partial charge is 0.131 e. The van der Waals surface area contributed by atoms with E-state index in [4.69, 9.17) is 9.97 Å². The predicted molar refractivity (Wildman–Crippen MR) is 98.9 cm³/mol. The van der Waals surface area contributed by atoms with E-state index in [0.29, 0.717) is 12.0 Å². The monoisotopic (exact) mass is 330 g/mol. The van der Waals surface area contributed by atoms with Crippen molar-refractivity contribution in [2.75, 3.05) is 27.2 Å². The molecular weight excluding hydrogens is 296 g/mol. The van der Waals surface area contributed by atoms with Crippen LogP contribution in [0.25, 0.3) is 0 Å². The molecule has 0 bridgehead atoms. The van der Waals surface area contributed by atoms with Gasteiger partial charge in [-0.15, -0.1) is 0 Å². The molecular formula is C20H34N4. The molecule has 2 fully saturated rings. The third kappa shape index (κ3) is 4.15. The molecule has 2 heterocycles. The lowest BCUT2D eigenvalue weighted by Gasteiger charge is -2.27. The van der Waals surface area contributed by atoms with Crippen molar-refractivity contribution in [3.05, 3.63) is 23.8 Å². The molecule has 2 aliphatic rings. The minimum absolute atomic E-state index is 0.600. The summed E-state index contributed by atoms with van der Waals surface area (Å²) in [7, 11) is 4.43. The van der Waals surface area contributed by atoms with E-state index in [1.165, 1.54) is 44.2 Å². The minimum Gasteiger partial charge on any atom is -0.305 e. The standard InChI is InChI=1S/C20H34N4/c1-15(2)18-13-24(14-19(18)23(3)4)12-16-10-21-20(22-11-16)17-8-6-5-7-9-17/h10-11,15,17-19H,5-9,12-14H2,1-4H3/t18-,19+/m0/s1. The Balaban J connectivity index is 1.60. The lowest BCUT2D eigenvalue weighted by atomic mass is 9.89. The fourth-order valence-electron chi connectivity index (χ4n) is 4.50. The van der Waals surface area contributed by atoms with Crippen molar-refractivity contribution < 1.29 is 0 Å². The van der Waals surface area contributed by atoms with Gasteiger partial charge in [0.15, 0.2) is 0 Å². The fraction of sp³-hybridized carbons (Fsp3) is 0.800. The second kappa shape index (κ2) is 7.92. The SMILES string of the molecule is CC(C)[C@@H]1CN(Cc2cnc(C3CCCCC3)nc2)C[C@H]1N(C)C. The average Bonchev–Trinajstić information content (AvgIpc) is 3.01. The summed E-state index contributed by atoms with van der Waals surface area (Å²) in [6, 6.07) is 0.660. The molecule has 4 heteroatoms. The van der Waals surface area contributed by atoms with Gasteiger partial charge in [-0.25, -0.2) is 9.97 Å². The Morgan fingerprint density at radius 1 is 1.08 bits per heavy atom. The molecule has 24 heavy (non-hydrogen) atoms. The highest BCUT2D eigenvalue weighted by atomic mass is 15.2. The van der Waals surface area contributed by atoms with E-state index < -0.39 is 0 Å². The summed E-state index contributed by atoms with van der Waals surface area (Å²) in [5, 5.41) is 0. The van der Waals surface area contributed by atoms with Gasteiger partial charge in [0, 0.05) is 49.6 Å². The third-order valence-electron chi connectivity index (χ3n) is 6.03. The number of hydrogen-bond acceptors (Lipinski definition) is 4. The van der Waals surface area contributed by atoms with E-state index in [1.807, 2.05) is 0 Å². The molecule has 0 spiro atoms. The Labute approximate surface area is 147 Å². The quantitative estimate of drug-likeness (QED) is 0.826. The Hall–Kier alpha value is -1.00. The van der Waals surface area contributed by atoms with Crippen LogP contribution in [-0.4, -0.2) is 53.0 Å². The zero-order valence-corrected chi connectivity index (χ0v) is 15.9. The first-order valence-electron chi connectivity index (χ1n) is 9.74. The van der Waals surface area contributed by atoms with Gasteiger partial charge >= 0.3 is 0 Å². The molecule has 1 saturated heterocycles. The summed E-state index contributed by atoms with van der Waals surface area (Å²) in [5.74, 6) is 3.16. The second-order valence-electron chi connectivity index (χ2n) is 8.42. The van der Waals surface area contributed by atoms with Crippen LogP contribution in [0, 0.1) is 11.8 Å². The highest BCUT2D eigenvalue weighted by molar-refractivity contribution is 5.09. The number of likely N-dealkylation sites (tertiary alicyclic amines) is 1. The van der Waals surface area contributed by atoms with Crippen LogP contribution in [0.15, 0.2) is 12.4 Å². The molecule has 1 aromatic rings. The molecule has 134 valence electrons. The lowest BCUT2D eigenvalue weighted by molar-refractivity contribution is 0.215. The maximum absolute atomic E-state index is 4.70. The van der Waals surface area contributed by atoms with Gasteiger partial charge in [-0.05, 0) is 38.8 Å². The van der Waals surface area contributed by atoms with Crippen LogP contribution >= 0.6 is 0 Å². The topological polar surface area (TPSA) is 32.3 Å². The molecule has 1 aromatic heterocycles. The molecule has 3 rings (SSSR count). The van der Waals surface area contributed by atoms with Gasteiger partial charge in [0.05, 0.1) is 0 Å². The van der Waals surface area contributed by atoms with Crippen molar-refractivity contribution in [2.24, 2.45) is 11.8 Å². The number of likely N-dealkylation sites (N-methyl/N-ethyl adjacent to an activating group) is 1. The minimum atomic E-state index is 0.600. The molecule has 0 amide bonds. The van der Waals surface area contributed by atoms with Gasteiger partial charge < -0.3 is 4.90 Å². The van der Waals surface area contributed by atoms with Crippen LogP contribution in [-0.2, 0) is 6.54 Å². The van der Waals surface area contributed by atoms with Crippen LogP contribution < -0.4 is 0 Å². The predicted octanol–water partition coefficient (Wildman–Crippen LogP) is 3.54. The Morgan fingerprint density at radius 2 is 1.75 bits per heavy atom. The first-order chi connectivity index (χ1) is 11.5. The third-order valence-corrected chi connectivity index (χ3v) is 6.03. The Bertz CT molecular complexity index is 489. The van der Waals surface area contributed by atoms with Crippen LogP contribution in [0.2, 0.25) is 0 Å². The number of rotatable bonds is 5. The summed E-state index contributed by atoms with van der Waals surface area (Å²) in [4.78, 5) is 14.4. The molecule has 0 radical (unpaired) electrons. The summed E-state index contributed by atoms with van der Waals surface area (Å²) < 4.78 is 0. The van der Waals surface area contributed by atoms with Crippen molar-refractivity contribution in [2.45, 2.75) is 64.5 Å². The van der Waals surface area contributed by atoms with Gasteiger partial charge in [0.1, 0.15) is 5.82 Å². The van der Waals surface area contributed by atoms with E-state index in [1.54, 1.807) is 0 Å². The largest absolute Gasteiger partial charge is 0.305 e.